The quantitative estimate of drug-likeness (QED) is 0.639. The number of nitrogens with zero attached hydrogens (tertiary/aromatic N) is 2. The van der Waals surface area contributed by atoms with E-state index in [4.69, 9.17) is 5.73 Å². The van der Waals surface area contributed by atoms with Crippen molar-refractivity contribution in [1.82, 2.24) is 4.90 Å². The second-order valence-corrected chi connectivity index (χ2v) is 4.45. The predicted molar refractivity (Wildman–Crippen MR) is 66.2 cm³/mol. The van der Waals surface area contributed by atoms with Gasteiger partial charge >= 0.3 is 0 Å². The Morgan fingerprint density at radius 1 is 1.56 bits per heavy atom. The van der Waals surface area contributed by atoms with Crippen LogP contribution in [0, 0.1) is 16.0 Å². The summed E-state index contributed by atoms with van der Waals surface area (Å²) in [5, 5.41) is 10.7. The average molecular weight is 249 g/mol. The van der Waals surface area contributed by atoms with E-state index < -0.39 is 4.92 Å². The minimum atomic E-state index is -0.497. The fourth-order valence-electron chi connectivity index (χ4n) is 2.14. The van der Waals surface area contributed by atoms with Crippen molar-refractivity contribution >= 4 is 11.6 Å². The Bertz CT molecular complexity index is 475. The van der Waals surface area contributed by atoms with E-state index in [0.717, 1.165) is 6.42 Å². The molecule has 1 amide bonds. The number of hydrogen-bond donors (Lipinski definition) is 1. The molecule has 1 unspecified atom stereocenters. The number of carbonyl (C=O) groups excluding carboxylic acids is 1. The van der Waals surface area contributed by atoms with E-state index in [2.05, 4.69) is 0 Å². The lowest BCUT2D eigenvalue weighted by Crippen LogP contribution is -2.29. The number of amides is 1. The summed E-state index contributed by atoms with van der Waals surface area (Å²) >= 11 is 0. The van der Waals surface area contributed by atoms with Crippen LogP contribution in [0.25, 0.3) is 0 Å². The minimum Gasteiger partial charge on any atom is -0.338 e. The lowest BCUT2D eigenvalue weighted by molar-refractivity contribution is -0.384. The van der Waals surface area contributed by atoms with Gasteiger partial charge in [-0.2, -0.15) is 0 Å². The lowest BCUT2D eigenvalue weighted by atomic mass is 10.1. The normalized spacial score (nSPS) is 18.9. The highest BCUT2D eigenvalue weighted by Gasteiger charge is 2.26. The summed E-state index contributed by atoms with van der Waals surface area (Å²) in [7, 11) is 0. The molecular weight excluding hydrogens is 234 g/mol. The van der Waals surface area contributed by atoms with Crippen molar-refractivity contribution in [2.24, 2.45) is 11.7 Å². The standard InChI is InChI=1S/C12H15N3O3/c13-7-9-4-5-14(8-9)12(16)10-2-1-3-11(6-10)15(17)18/h1-3,6,9H,4-5,7-8,13H2. The molecule has 0 spiro atoms. The highest BCUT2D eigenvalue weighted by Crippen LogP contribution is 2.20. The summed E-state index contributed by atoms with van der Waals surface area (Å²) in [5.74, 6) is 0.183. The van der Waals surface area contributed by atoms with Gasteiger partial charge in [0.05, 0.1) is 4.92 Å². The molecule has 0 saturated carbocycles. The summed E-state index contributed by atoms with van der Waals surface area (Å²) in [5.41, 5.74) is 5.87. The molecule has 0 bridgehead atoms. The minimum absolute atomic E-state index is 0.0598. The molecule has 0 aromatic heterocycles. The number of benzene rings is 1. The van der Waals surface area contributed by atoms with Crippen molar-refractivity contribution in [3.8, 4) is 0 Å². The predicted octanol–water partition coefficient (Wildman–Crippen LogP) is 1.02. The molecular formula is C12H15N3O3. The Kier molecular flexibility index (Phi) is 3.57. The molecule has 1 atom stereocenters. The molecule has 2 N–H and O–H groups in total. The first kappa shape index (κ1) is 12.5. The van der Waals surface area contributed by atoms with Gasteiger partial charge in [-0.05, 0) is 24.9 Å². The molecule has 1 heterocycles. The van der Waals surface area contributed by atoms with E-state index in [9.17, 15) is 14.9 Å². The van der Waals surface area contributed by atoms with Crippen LogP contribution in [0.5, 0.6) is 0 Å². The van der Waals surface area contributed by atoms with E-state index in [1.165, 1.54) is 18.2 Å². The van der Waals surface area contributed by atoms with Gasteiger partial charge in [-0.1, -0.05) is 6.07 Å². The Morgan fingerprint density at radius 3 is 2.94 bits per heavy atom. The topological polar surface area (TPSA) is 89.5 Å². The maximum Gasteiger partial charge on any atom is 0.270 e. The fourth-order valence-corrected chi connectivity index (χ4v) is 2.14. The summed E-state index contributed by atoms with van der Waals surface area (Å²) in [6.07, 6.45) is 0.900. The van der Waals surface area contributed by atoms with E-state index in [1.54, 1.807) is 11.0 Å². The molecule has 6 nitrogen and oxygen atoms in total. The SMILES string of the molecule is NCC1CCN(C(=O)c2cccc([N+](=O)[O-])c2)C1. The van der Waals surface area contributed by atoms with Gasteiger partial charge in [0.25, 0.3) is 11.6 Å². The first-order chi connectivity index (χ1) is 8.61. The third-order valence-corrected chi connectivity index (χ3v) is 3.21. The number of nitro groups is 1. The van der Waals surface area contributed by atoms with Crippen LogP contribution in [-0.2, 0) is 0 Å². The lowest BCUT2D eigenvalue weighted by Gasteiger charge is -2.16. The van der Waals surface area contributed by atoms with Crippen LogP contribution in [-0.4, -0.2) is 35.4 Å². The molecule has 1 aliphatic rings. The van der Waals surface area contributed by atoms with Crippen LogP contribution in [0.4, 0.5) is 5.69 Å². The molecule has 1 aromatic carbocycles. The van der Waals surface area contributed by atoms with E-state index >= 15 is 0 Å². The van der Waals surface area contributed by atoms with Crippen molar-refractivity contribution in [3.05, 3.63) is 39.9 Å². The molecule has 0 radical (unpaired) electrons. The second kappa shape index (κ2) is 5.14. The third kappa shape index (κ3) is 2.48. The number of nitro benzene ring substituents is 1. The Hall–Kier alpha value is -1.95. The summed E-state index contributed by atoms with van der Waals surface area (Å²) < 4.78 is 0. The van der Waals surface area contributed by atoms with Crippen molar-refractivity contribution in [2.45, 2.75) is 6.42 Å². The zero-order valence-corrected chi connectivity index (χ0v) is 9.91. The van der Waals surface area contributed by atoms with Crippen molar-refractivity contribution in [3.63, 3.8) is 0 Å². The van der Waals surface area contributed by atoms with Crippen molar-refractivity contribution in [1.29, 1.82) is 0 Å². The van der Waals surface area contributed by atoms with Crippen LogP contribution < -0.4 is 5.73 Å². The van der Waals surface area contributed by atoms with Crippen molar-refractivity contribution < 1.29 is 9.72 Å². The number of rotatable bonds is 3. The van der Waals surface area contributed by atoms with Crippen LogP contribution >= 0.6 is 0 Å². The molecule has 2 rings (SSSR count). The van der Waals surface area contributed by atoms with Crippen LogP contribution in [0.15, 0.2) is 24.3 Å². The van der Waals surface area contributed by atoms with Gasteiger partial charge in [-0.25, -0.2) is 0 Å². The van der Waals surface area contributed by atoms with Crippen LogP contribution in [0.2, 0.25) is 0 Å². The van der Waals surface area contributed by atoms with Gasteiger partial charge in [-0.3, -0.25) is 14.9 Å². The second-order valence-electron chi connectivity index (χ2n) is 4.45. The monoisotopic (exact) mass is 249 g/mol. The van der Waals surface area contributed by atoms with Gasteiger partial charge in [0.2, 0.25) is 0 Å². The number of non-ortho nitro benzene ring substituents is 1. The van der Waals surface area contributed by atoms with Gasteiger partial charge in [0.1, 0.15) is 0 Å². The van der Waals surface area contributed by atoms with E-state index in [0.29, 0.717) is 31.1 Å². The average Bonchev–Trinajstić information content (AvgIpc) is 2.86. The molecule has 1 saturated heterocycles. The number of likely N-dealkylation sites (tertiary alicyclic amines) is 1. The smallest absolute Gasteiger partial charge is 0.270 e. The largest absolute Gasteiger partial charge is 0.338 e. The molecule has 1 aromatic rings. The molecule has 1 aliphatic heterocycles. The number of hydrogen-bond acceptors (Lipinski definition) is 4. The first-order valence-corrected chi connectivity index (χ1v) is 5.85. The number of carbonyl (C=O) groups is 1. The van der Waals surface area contributed by atoms with E-state index in [-0.39, 0.29) is 11.6 Å². The Balaban J connectivity index is 2.14. The zero-order valence-electron chi connectivity index (χ0n) is 9.91. The third-order valence-electron chi connectivity index (χ3n) is 3.21. The van der Waals surface area contributed by atoms with Gasteiger partial charge in [0.15, 0.2) is 0 Å². The van der Waals surface area contributed by atoms with Crippen LogP contribution in [0.1, 0.15) is 16.8 Å². The highest BCUT2D eigenvalue weighted by molar-refractivity contribution is 5.95. The maximum atomic E-state index is 12.1. The number of nitrogens with two attached hydrogens (primary N) is 1. The Labute approximate surface area is 105 Å². The summed E-state index contributed by atoms with van der Waals surface area (Å²) in [6.45, 7) is 1.88. The van der Waals surface area contributed by atoms with Gasteiger partial charge < -0.3 is 10.6 Å². The van der Waals surface area contributed by atoms with Gasteiger partial charge in [-0.15, -0.1) is 0 Å². The fraction of sp³-hybridized carbons (Fsp3) is 0.417. The molecule has 18 heavy (non-hydrogen) atoms. The summed E-state index contributed by atoms with van der Waals surface area (Å²) in [6, 6.07) is 5.83. The van der Waals surface area contributed by atoms with Crippen molar-refractivity contribution in [2.75, 3.05) is 19.6 Å². The van der Waals surface area contributed by atoms with E-state index in [1.807, 2.05) is 0 Å². The Morgan fingerprint density at radius 2 is 2.33 bits per heavy atom. The maximum absolute atomic E-state index is 12.1. The molecule has 1 fully saturated rings. The van der Waals surface area contributed by atoms with Gasteiger partial charge in [0, 0.05) is 30.8 Å². The molecule has 0 aliphatic carbocycles. The highest BCUT2D eigenvalue weighted by atomic mass is 16.6. The molecule has 96 valence electrons. The first-order valence-electron chi connectivity index (χ1n) is 5.85. The van der Waals surface area contributed by atoms with Crippen LogP contribution in [0.3, 0.4) is 0 Å². The summed E-state index contributed by atoms with van der Waals surface area (Å²) in [4.78, 5) is 24.0. The molecule has 6 heteroatoms. The zero-order chi connectivity index (χ0) is 13.1.